The molecule has 2 aromatic rings. The van der Waals surface area contributed by atoms with Crippen molar-refractivity contribution in [2.75, 3.05) is 5.32 Å². The van der Waals surface area contributed by atoms with Crippen LogP contribution < -0.4 is 10.0 Å². The number of anilines is 1. The third-order valence-corrected chi connectivity index (χ3v) is 6.45. The number of aryl methyl sites for hydroxylation is 1. The van der Waals surface area contributed by atoms with Gasteiger partial charge in [0.05, 0.1) is 4.90 Å². The number of sulfonamides is 1. The number of nitrogens with one attached hydrogen (secondary N) is 2. The summed E-state index contributed by atoms with van der Waals surface area (Å²) in [4.78, 5) is 12.7. The molecular weight excluding hydrogens is 348 g/mol. The van der Waals surface area contributed by atoms with Crippen LogP contribution in [-0.4, -0.2) is 20.4 Å². The SMILES string of the molecule is Cc1cccc(NC(=O)c2cccc(S(=O)(=O)NC3CCCC3)c2)c1C. The van der Waals surface area contributed by atoms with Gasteiger partial charge in [-0.2, -0.15) is 0 Å². The lowest BCUT2D eigenvalue weighted by Gasteiger charge is -2.14. The van der Waals surface area contributed by atoms with Crippen molar-refractivity contribution in [2.45, 2.75) is 50.5 Å². The molecule has 2 N–H and O–H groups in total. The summed E-state index contributed by atoms with van der Waals surface area (Å²) < 4.78 is 27.9. The molecule has 0 heterocycles. The van der Waals surface area contributed by atoms with E-state index in [9.17, 15) is 13.2 Å². The Balaban J connectivity index is 1.80. The zero-order valence-electron chi connectivity index (χ0n) is 15.1. The van der Waals surface area contributed by atoms with Gasteiger partial charge in [-0.05, 0) is 62.1 Å². The number of hydrogen-bond acceptors (Lipinski definition) is 3. The monoisotopic (exact) mass is 372 g/mol. The third-order valence-electron chi connectivity index (χ3n) is 4.94. The molecule has 1 aliphatic carbocycles. The highest BCUT2D eigenvalue weighted by Gasteiger charge is 2.23. The lowest BCUT2D eigenvalue weighted by atomic mass is 10.1. The van der Waals surface area contributed by atoms with Gasteiger partial charge in [0, 0.05) is 17.3 Å². The van der Waals surface area contributed by atoms with Crippen LogP contribution in [0.5, 0.6) is 0 Å². The van der Waals surface area contributed by atoms with Gasteiger partial charge in [0.2, 0.25) is 10.0 Å². The maximum absolute atomic E-state index is 12.6. The highest BCUT2D eigenvalue weighted by atomic mass is 32.2. The summed E-state index contributed by atoms with van der Waals surface area (Å²) in [6.45, 7) is 3.92. The number of amides is 1. The van der Waals surface area contributed by atoms with Crippen molar-refractivity contribution >= 4 is 21.6 Å². The minimum atomic E-state index is -3.62. The fourth-order valence-corrected chi connectivity index (χ4v) is 4.57. The van der Waals surface area contributed by atoms with Crippen LogP contribution in [0.15, 0.2) is 47.4 Å². The van der Waals surface area contributed by atoms with Gasteiger partial charge in [0.25, 0.3) is 5.91 Å². The first-order chi connectivity index (χ1) is 12.4. The van der Waals surface area contributed by atoms with E-state index in [1.807, 2.05) is 32.0 Å². The zero-order chi connectivity index (χ0) is 18.7. The fraction of sp³-hybridized carbons (Fsp3) is 0.350. The molecule has 1 amide bonds. The first-order valence-electron chi connectivity index (χ1n) is 8.87. The molecule has 138 valence electrons. The van der Waals surface area contributed by atoms with Gasteiger partial charge in [0.15, 0.2) is 0 Å². The van der Waals surface area contributed by atoms with Gasteiger partial charge in [-0.15, -0.1) is 0 Å². The molecule has 0 aliphatic heterocycles. The van der Waals surface area contributed by atoms with Crippen LogP contribution in [0.2, 0.25) is 0 Å². The number of carbonyl (C=O) groups is 1. The third kappa shape index (κ3) is 4.14. The first-order valence-corrected chi connectivity index (χ1v) is 10.3. The maximum Gasteiger partial charge on any atom is 0.255 e. The molecule has 3 rings (SSSR count). The van der Waals surface area contributed by atoms with Gasteiger partial charge < -0.3 is 5.32 Å². The molecule has 0 bridgehead atoms. The van der Waals surface area contributed by atoms with Gasteiger partial charge in [-0.3, -0.25) is 4.79 Å². The molecule has 5 nitrogen and oxygen atoms in total. The predicted octanol–water partition coefficient (Wildman–Crippen LogP) is 3.78. The Labute approximate surface area is 154 Å². The Bertz CT molecular complexity index is 916. The van der Waals surface area contributed by atoms with E-state index in [2.05, 4.69) is 10.0 Å². The summed E-state index contributed by atoms with van der Waals surface area (Å²) in [5, 5.41) is 2.86. The van der Waals surface area contributed by atoms with E-state index < -0.39 is 10.0 Å². The highest BCUT2D eigenvalue weighted by molar-refractivity contribution is 7.89. The Kier molecular flexibility index (Phi) is 5.44. The molecule has 1 aliphatic rings. The second kappa shape index (κ2) is 7.60. The van der Waals surface area contributed by atoms with Crippen LogP contribution in [0.3, 0.4) is 0 Å². The Hall–Kier alpha value is -2.18. The van der Waals surface area contributed by atoms with E-state index in [-0.39, 0.29) is 16.8 Å². The summed E-state index contributed by atoms with van der Waals surface area (Å²) in [6, 6.07) is 11.9. The van der Waals surface area contributed by atoms with E-state index in [0.717, 1.165) is 42.5 Å². The maximum atomic E-state index is 12.6. The van der Waals surface area contributed by atoms with Crippen molar-refractivity contribution in [1.29, 1.82) is 0 Å². The minimum absolute atomic E-state index is 0.00701. The fourth-order valence-electron chi connectivity index (χ4n) is 3.22. The standard InChI is InChI=1S/C20H24N2O3S/c1-14-7-5-12-19(15(14)2)21-20(23)16-8-6-11-18(13-16)26(24,25)22-17-9-3-4-10-17/h5-8,11-13,17,22H,3-4,9-10H2,1-2H3,(H,21,23). The Morgan fingerprint density at radius 3 is 2.46 bits per heavy atom. The van der Waals surface area contributed by atoms with Crippen molar-refractivity contribution in [2.24, 2.45) is 0 Å². The lowest BCUT2D eigenvalue weighted by molar-refractivity contribution is 0.102. The number of rotatable bonds is 5. The van der Waals surface area contributed by atoms with Crippen molar-refractivity contribution in [3.8, 4) is 0 Å². The molecule has 0 aromatic heterocycles. The largest absolute Gasteiger partial charge is 0.322 e. The first kappa shape index (κ1) is 18.6. The zero-order valence-corrected chi connectivity index (χ0v) is 15.9. The van der Waals surface area contributed by atoms with E-state index in [0.29, 0.717) is 5.56 Å². The van der Waals surface area contributed by atoms with Crippen LogP contribution in [0.1, 0.15) is 47.2 Å². The summed E-state index contributed by atoms with van der Waals surface area (Å²) in [5.74, 6) is -0.323. The molecule has 1 saturated carbocycles. The summed E-state index contributed by atoms with van der Waals surface area (Å²) in [5.41, 5.74) is 3.12. The molecule has 0 spiro atoms. The predicted molar refractivity (Wildman–Crippen MR) is 103 cm³/mol. The van der Waals surface area contributed by atoms with Crippen molar-refractivity contribution < 1.29 is 13.2 Å². The lowest BCUT2D eigenvalue weighted by Crippen LogP contribution is -2.32. The highest BCUT2D eigenvalue weighted by Crippen LogP contribution is 2.22. The molecule has 0 atom stereocenters. The van der Waals surface area contributed by atoms with Crippen LogP contribution >= 0.6 is 0 Å². The summed E-state index contributed by atoms with van der Waals surface area (Å²) in [7, 11) is -3.62. The Morgan fingerprint density at radius 2 is 1.73 bits per heavy atom. The molecule has 6 heteroatoms. The number of carbonyl (C=O) groups excluding carboxylic acids is 1. The van der Waals surface area contributed by atoms with Crippen LogP contribution in [0.25, 0.3) is 0 Å². The smallest absolute Gasteiger partial charge is 0.255 e. The van der Waals surface area contributed by atoms with Gasteiger partial charge >= 0.3 is 0 Å². The van der Waals surface area contributed by atoms with E-state index >= 15 is 0 Å². The van der Waals surface area contributed by atoms with Crippen LogP contribution in [0.4, 0.5) is 5.69 Å². The van der Waals surface area contributed by atoms with Crippen LogP contribution in [0, 0.1) is 13.8 Å². The summed E-state index contributed by atoms with van der Waals surface area (Å²) >= 11 is 0. The minimum Gasteiger partial charge on any atom is -0.322 e. The van der Waals surface area contributed by atoms with Gasteiger partial charge in [-0.1, -0.05) is 31.0 Å². The average Bonchev–Trinajstić information content (AvgIpc) is 3.11. The van der Waals surface area contributed by atoms with E-state index in [1.165, 1.54) is 12.1 Å². The van der Waals surface area contributed by atoms with Gasteiger partial charge in [0.1, 0.15) is 0 Å². The Morgan fingerprint density at radius 1 is 1.04 bits per heavy atom. The summed E-state index contributed by atoms with van der Waals surface area (Å²) in [6.07, 6.45) is 3.83. The quantitative estimate of drug-likeness (QED) is 0.839. The average molecular weight is 372 g/mol. The molecule has 0 saturated heterocycles. The second-order valence-corrected chi connectivity index (χ2v) is 8.55. The molecule has 2 aromatic carbocycles. The molecule has 0 radical (unpaired) electrons. The molecule has 1 fully saturated rings. The topological polar surface area (TPSA) is 75.3 Å². The van der Waals surface area contributed by atoms with Crippen molar-refractivity contribution in [1.82, 2.24) is 4.72 Å². The van der Waals surface area contributed by atoms with E-state index in [1.54, 1.807) is 12.1 Å². The second-order valence-electron chi connectivity index (χ2n) is 6.83. The van der Waals surface area contributed by atoms with E-state index in [4.69, 9.17) is 0 Å². The van der Waals surface area contributed by atoms with Gasteiger partial charge in [-0.25, -0.2) is 13.1 Å². The van der Waals surface area contributed by atoms with Crippen molar-refractivity contribution in [3.05, 3.63) is 59.2 Å². The number of hydrogen-bond donors (Lipinski definition) is 2. The van der Waals surface area contributed by atoms with Crippen LogP contribution in [-0.2, 0) is 10.0 Å². The number of benzene rings is 2. The molecular formula is C20H24N2O3S. The molecule has 0 unspecified atom stereocenters. The molecule has 26 heavy (non-hydrogen) atoms. The normalized spacial score (nSPS) is 15.2. The van der Waals surface area contributed by atoms with Crippen molar-refractivity contribution in [3.63, 3.8) is 0 Å².